The van der Waals surface area contributed by atoms with E-state index in [0.717, 1.165) is 5.56 Å². The van der Waals surface area contributed by atoms with Crippen molar-refractivity contribution in [2.75, 3.05) is 10.6 Å². The highest BCUT2D eigenvalue weighted by molar-refractivity contribution is 9.10. The number of hydrogen-bond acceptors (Lipinski definition) is 6. The Balaban J connectivity index is 1.42. The lowest BCUT2D eigenvalue weighted by Crippen LogP contribution is -2.27. The first-order valence-electron chi connectivity index (χ1n) is 11.9. The van der Waals surface area contributed by atoms with Crippen LogP contribution in [0.1, 0.15) is 39.3 Å². The fourth-order valence-corrected chi connectivity index (χ4v) is 3.99. The molecule has 4 rings (SSSR count). The minimum atomic E-state index is -0.652. The van der Waals surface area contributed by atoms with Gasteiger partial charge in [0.05, 0.1) is 28.6 Å². The Labute approximate surface area is 231 Å². The van der Waals surface area contributed by atoms with Gasteiger partial charge in [-0.2, -0.15) is 5.10 Å². The monoisotopic (exact) mass is 601 g/mol. The Hall–Kier alpha value is -4.13. The standard InChI is InChI=1S/C26H26BrF2N7O3/c1-15(16-5-7-22(29)20(27)9-16)36-13-23(33-34-36)19-10-17(6-8-21(19)28)31-24(37)14-35-12-18(11-30-35)32-25(38)39-26(2,3)4/h5-13,15H,14H2,1-4H3,(H,31,37)(H,32,38)/t15-/m1/s1. The molecule has 0 saturated carbocycles. The first-order chi connectivity index (χ1) is 18.4. The lowest BCUT2D eigenvalue weighted by atomic mass is 10.1. The Bertz CT molecular complexity index is 1510. The Kier molecular flexibility index (Phi) is 8.09. The molecule has 0 unspecified atom stereocenters. The average molecular weight is 602 g/mol. The minimum Gasteiger partial charge on any atom is -0.444 e. The van der Waals surface area contributed by atoms with Gasteiger partial charge in [-0.05, 0) is 79.5 Å². The molecule has 0 bridgehead atoms. The van der Waals surface area contributed by atoms with Crippen molar-refractivity contribution in [3.8, 4) is 11.3 Å². The first-order valence-corrected chi connectivity index (χ1v) is 12.7. The van der Waals surface area contributed by atoms with E-state index >= 15 is 0 Å². The van der Waals surface area contributed by atoms with E-state index in [9.17, 15) is 18.4 Å². The third kappa shape index (κ3) is 7.25. The minimum absolute atomic E-state index is 0.148. The molecule has 0 aliphatic carbocycles. The molecule has 1 atom stereocenters. The highest BCUT2D eigenvalue weighted by Crippen LogP contribution is 2.27. The molecule has 2 N–H and O–H groups in total. The summed E-state index contributed by atoms with van der Waals surface area (Å²) in [6.45, 7) is 6.95. The first kappa shape index (κ1) is 27.9. The second-order valence-corrected chi connectivity index (χ2v) is 10.6. The van der Waals surface area contributed by atoms with Gasteiger partial charge in [0, 0.05) is 17.4 Å². The summed E-state index contributed by atoms with van der Waals surface area (Å²) < 4.78 is 36.7. The highest BCUT2D eigenvalue weighted by atomic mass is 79.9. The third-order valence-electron chi connectivity index (χ3n) is 5.44. The van der Waals surface area contributed by atoms with Crippen LogP contribution in [-0.4, -0.2) is 42.4 Å². The summed E-state index contributed by atoms with van der Waals surface area (Å²) in [4.78, 5) is 24.5. The zero-order valence-electron chi connectivity index (χ0n) is 21.6. The molecule has 13 heteroatoms. The van der Waals surface area contributed by atoms with Crippen molar-refractivity contribution in [3.63, 3.8) is 0 Å². The van der Waals surface area contributed by atoms with Crippen molar-refractivity contribution in [2.24, 2.45) is 0 Å². The van der Waals surface area contributed by atoms with E-state index in [1.54, 1.807) is 43.8 Å². The van der Waals surface area contributed by atoms with Gasteiger partial charge >= 0.3 is 6.09 Å². The quantitative estimate of drug-likeness (QED) is 0.277. The lowest BCUT2D eigenvalue weighted by molar-refractivity contribution is -0.116. The zero-order valence-corrected chi connectivity index (χ0v) is 23.2. The number of halogens is 3. The number of benzene rings is 2. The molecule has 2 amide bonds. The molecule has 4 aromatic rings. The maximum absolute atomic E-state index is 14.7. The van der Waals surface area contributed by atoms with Crippen molar-refractivity contribution < 1.29 is 23.1 Å². The van der Waals surface area contributed by atoms with Gasteiger partial charge in [-0.15, -0.1) is 5.10 Å². The summed E-state index contributed by atoms with van der Waals surface area (Å²) in [7, 11) is 0. The maximum Gasteiger partial charge on any atom is 0.412 e. The second-order valence-electron chi connectivity index (χ2n) is 9.73. The van der Waals surface area contributed by atoms with Gasteiger partial charge in [-0.3, -0.25) is 14.8 Å². The summed E-state index contributed by atoms with van der Waals surface area (Å²) >= 11 is 3.18. The number of nitrogens with zero attached hydrogens (tertiary/aromatic N) is 5. The number of rotatable bonds is 7. The molecule has 10 nitrogen and oxygen atoms in total. The SMILES string of the molecule is C[C@H](c1ccc(F)c(Br)c1)n1cc(-c2cc(NC(=O)Cn3cc(NC(=O)OC(C)(C)C)cn3)ccc2F)nn1. The third-order valence-corrected chi connectivity index (χ3v) is 6.05. The Morgan fingerprint density at radius 2 is 1.79 bits per heavy atom. The van der Waals surface area contributed by atoms with Crippen LogP contribution >= 0.6 is 15.9 Å². The van der Waals surface area contributed by atoms with Gasteiger partial charge in [0.2, 0.25) is 5.91 Å². The van der Waals surface area contributed by atoms with Crippen LogP contribution in [0.5, 0.6) is 0 Å². The fourth-order valence-electron chi connectivity index (χ4n) is 3.60. The molecule has 0 aliphatic rings. The number of amides is 2. The highest BCUT2D eigenvalue weighted by Gasteiger charge is 2.18. The van der Waals surface area contributed by atoms with E-state index < -0.39 is 23.4 Å². The lowest BCUT2D eigenvalue weighted by Gasteiger charge is -2.19. The zero-order chi connectivity index (χ0) is 28.3. The number of carbonyl (C=O) groups excluding carboxylic acids is 2. The van der Waals surface area contributed by atoms with E-state index in [2.05, 4.69) is 42.0 Å². The molecular weight excluding hydrogens is 576 g/mol. The molecular formula is C26H26BrF2N7O3. The van der Waals surface area contributed by atoms with Crippen LogP contribution in [0.3, 0.4) is 0 Å². The van der Waals surface area contributed by atoms with Crippen molar-refractivity contribution in [2.45, 2.75) is 45.9 Å². The maximum atomic E-state index is 14.7. The van der Waals surface area contributed by atoms with Gasteiger partial charge in [0.25, 0.3) is 0 Å². The van der Waals surface area contributed by atoms with Gasteiger partial charge in [-0.25, -0.2) is 18.3 Å². The summed E-state index contributed by atoms with van der Waals surface area (Å²) in [5.74, 6) is -1.34. The molecule has 2 aromatic carbocycles. The number of aromatic nitrogens is 5. The van der Waals surface area contributed by atoms with E-state index in [1.165, 1.54) is 41.3 Å². The molecule has 0 saturated heterocycles. The molecule has 204 valence electrons. The molecule has 2 heterocycles. The molecule has 0 radical (unpaired) electrons. The topological polar surface area (TPSA) is 116 Å². The number of nitrogens with one attached hydrogen (secondary N) is 2. The molecule has 0 aliphatic heterocycles. The fraction of sp³-hybridized carbons (Fsp3) is 0.269. The molecule has 2 aromatic heterocycles. The van der Waals surface area contributed by atoms with E-state index in [4.69, 9.17) is 4.74 Å². The predicted molar refractivity (Wildman–Crippen MR) is 144 cm³/mol. The number of anilines is 2. The van der Waals surface area contributed by atoms with E-state index in [0.29, 0.717) is 15.8 Å². The van der Waals surface area contributed by atoms with Gasteiger partial charge < -0.3 is 10.1 Å². The van der Waals surface area contributed by atoms with Crippen molar-refractivity contribution in [1.29, 1.82) is 0 Å². The van der Waals surface area contributed by atoms with Crippen molar-refractivity contribution >= 4 is 39.3 Å². The average Bonchev–Trinajstić information content (AvgIpc) is 3.50. The normalized spacial score (nSPS) is 12.2. The van der Waals surface area contributed by atoms with Crippen LogP contribution in [0.4, 0.5) is 25.0 Å². The van der Waals surface area contributed by atoms with Gasteiger partial charge in [-0.1, -0.05) is 11.3 Å². The van der Waals surface area contributed by atoms with Crippen LogP contribution in [-0.2, 0) is 16.1 Å². The van der Waals surface area contributed by atoms with Crippen molar-refractivity contribution in [1.82, 2.24) is 24.8 Å². The summed E-state index contributed by atoms with van der Waals surface area (Å²) in [5.41, 5.74) is 1.26. The summed E-state index contributed by atoms with van der Waals surface area (Å²) in [6.07, 6.45) is 3.82. The van der Waals surface area contributed by atoms with Crippen LogP contribution in [0.15, 0.2) is 59.5 Å². The Morgan fingerprint density at radius 1 is 1.05 bits per heavy atom. The molecule has 0 fully saturated rings. The largest absolute Gasteiger partial charge is 0.444 e. The van der Waals surface area contributed by atoms with Crippen LogP contribution in [0.25, 0.3) is 11.3 Å². The van der Waals surface area contributed by atoms with Crippen molar-refractivity contribution in [3.05, 3.63) is 76.7 Å². The van der Waals surface area contributed by atoms with Crippen LogP contribution in [0, 0.1) is 11.6 Å². The summed E-state index contributed by atoms with van der Waals surface area (Å²) in [6, 6.07) is 8.45. The van der Waals surface area contributed by atoms with Crippen LogP contribution in [0.2, 0.25) is 0 Å². The second kappa shape index (κ2) is 11.3. The van der Waals surface area contributed by atoms with Gasteiger partial charge in [0.15, 0.2) is 0 Å². The van der Waals surface area contributed by atoms with Crippen LogP contribution < -0.4 is 10.6 Å². The Morgan fingerprint density at radius 3 is 2.51 bits per heavy atom. The van der Waals surface area contributed by atoms with E-state index in [1.807, 2.05) is 6.92 Å². The number of carbonyl (C=O) groups is 2. The number of ether oxygens (including phenoxy) is 1. The smallest absolute Gasteiger partial charge is 0.412 e. The predicted octanol–water partition coefficient (Wildman–Crippen LogP) is 5.78. The molecule has 39 heavy (non-hydrogen) atoms. The van der Waals surface area contributed by atoms with Gasteiger partial charge in [0.1, 0.15) is 29.5 Å². The molecule has 0 spiro atoms. The van der Waals surface area contributed by atoms with E-state index in [-0.39, 0.29) is 29.7 Å². The number of hydrogen-bond donors (Lipinski definition) is 2. The summed E-state index contributed by atoms with van der Waals surface area (Å²) in [5, 5.41) is 17.5.